The number of ether oxygens (including phenoxy) is 2. The highest BCUT2D eigenvalue weighted by Gasteiger charge is 2.21. The standard InChI is InChI=1S/C22H30N6O3/c1-22(2,3)28-19-16(12-24-28)20(29)26-21(25-19)23-7-9-27-8-6-14-10-17(30-4)18(31-5)11-15(14)13-27/h10-12H,6-9,13H2,1-5H3,(H2,23,25,26,29). The van der Waals surface area contributed by atoms with Gasteiger partial charge in [0.25, 0.3) is 5.56 Å². The van der Waals surface area contributed by atoms with Crippen LogP contribution in [0.1, 0.15) is 31.9 Å². The highest BCUT2D eigenvalue weighted by molar-refractivity contribution is 5.74. The Kier molecular flexibility index (Phi) is 5.62. The van der Waals surface area contributed by atoms with Crippen molar-refractivity contribution < 1.29 is 9.47 Å². The van der Waals surface area contributed by atoms with Crippen LogP contribution < -0.4 is 20.3 Å². The van der Waals surface area contributed by atoms with Gasteiger partial charge in [-0.05, 0) is 50.5 Å². The van der Waals surface area contributed by atoms with Gasteiger partial charge >= 0.3 is 0 Å². The van der Waals surface area contributed by atoms with Gasteiger partial charge in [0.05, 0.1) is 26.0 Å². The van der Waals surface area contributed by atoms with Gasteiger partial charge in [-0.25, -0.2) is 4.68 Å². The van der Waals surface area contributed by atoms with Gasteiger partial charge in [-0.15, -0.1) is 0 Å². The number of nitrogens with one attached hydrogen (secondary N) is 2. The number of aromatic nitrogens is 4. The van der Waals surface area contributed by atoms with E-state index < -0.39 is 0 Å². The van der Waals surface area contributed by atoms with E-state index in [2.05, 4.69) is 37.4 Å². The number of hydrogen-bond donors (Lipinski definition) is 2. The van der Waals surface area contributed by atoms with E-state index in [1.165, 1.54) is 11.1 Å². The van der Waals surface area contributed by atoms with Gasteiger partial charge in [-0.1, -0.05) is 0 Å². The maximum absolute atomic E-state index is 12.4. The number of anilines is 1. The molecule has 1 aliphatic rings. The molecule has 0 atom stereocenters. The molecule has 2 aromatic heterocycles. The van der Waals surface area contributed by atoms with Crippen molar-refractivity contribution in [1.29, 1.82) is 0 Å². The zero-order valence-electron chi connectivity index (χ0n) is 18.8. The largest absolute Gasteiger partial charge is 0.493 e. The number of rotatable bonds is 6. The van der Waals surface area contributed by atoms with E-state index in [0.29, 0.717) is 23.5 Å². The third-order valence-electron chi connectivity index (χ3n) is 5.59. The minimum absolute atomic E-state index is 0.184. The Hall–Kier alpha value is -3.07. The van der Waals surface area contributed by atoms with Crippen LogP contribution in [0.5, 0.6) is 11.5 Å². The molecule has 0 saturated heterocycles. The van der Waals surface area contributed by atoms with Crippen LogP contribution >= 0.6 is 0 Å². The van der Waals surface area contributed by atoms with E-state index in [4.69, 9.17) is 9.47 Å². The molecule has 0 unspecified atom stereocenters. The molecule has 1 aliphatic heterocycles. The van der Waals surface area contributed by atoms with Gasteiger partial charge in [0, 0.05) is 26.2 Å². The van der Waals surface area contributed by atoms with Gasteiger partial charge in [0.2, 0.25) is 5.95 Å². The molecule has 0 fully saturated rings. The van der Waals surface area contributed by atoms with Crippen molar-refractivity contribution in [3.05, 3.63) is 39.8 Å². The maximum atomic E-state index is 12.4. The third-order valence-corrected chi connectivity index (χ3v) is 5.59. The Morgan fingerprint density at radius 2 is 1.87 bits per heavy atom. The summed E-state index contributed by atoms with van der Waals surface area (Å²) in [5.41, 5.74) is 2.70. The van der Waals surface area contributed by atoms with E-state index in [1.54, 1.807) is 25.1 Å². The van der Waals surface area contributed by atoms with Crippen molar-refractivity contribution in [3.63, 3.8) is 0 Å². The molecule has 0 bridgehead atoms. The number of fused-ring (bicyclic) bond motifs is 2. The molecule has 2 N–H and O–H groups in total. The van der Waals surface area contributed by atoms with Crippen molar-refractivity contribution >= 4 is 17.0 Å². The zero-order valence-corrected chi connectivity index (χ0v) is 18.8. The summed E-state index contributed by atoms with van der Waals surface area (Å²) in [6.07, 6.45) is 2.53. The Morgan fingerprint density at radius 3 is 2.55 bits per heavy atom. The second-order valence-electron chi connectivity index (χ2n) is 8.81. The average Bonchev–Trinajstić information content (AvgIpc) is 3.18. The predicted octanol–water partition coefficient (Wildman–Crippen LogP) is 2.36. The summed E-state index contributed by atoms with van der Waals surface area (Å²) >= 11 is 0. The van der Waals surface area contributed by atoms with Crippen molar-refractivity contribution in [2.24, 2.45) is 0 Å². The topological polar surface area (TPSA) is 97.3 Å². The van der Waals surface area contributed by atoms with Crippen LogP contribution in [-0.4, -0.2) is 58.5 Å². The second kappa shape index (κ2) is 8.22. The molecule has 0 spiro atoms. The highest BCUT2D eigenvalue weighted by atomic mass is 16.5. The highest BCUT2D eigenvalue weighted by Crippen LogP contribution is 2.33. The Morgan fingerprint density at radius 1 is 1.16 bits per heavy atom. The number of nitrogens with zero attached hydrogens (tertiary/aromatic N) is 4. The summed E-state index contributed by atoms with van der Waals surface area (Å²) in [5, 5.41) is 8.11. The predicted molar refractivity (Wildman–Crippen MR) is 120 cm³/mol. The molecule has 0 aliphatic carbocycles. The molecule has 9 heteroatoms. The first kappa shape index (κ1) is 21.2. The Balaban J connectivity index is 1.43. The fraction of sp³-hybridized carbons (Fsp3) is 0.500. The van der Waals surface area contributed by atoms with E-state index in [0.717, 1.165) is 37.6 Å². The van der Waals surface area contributed by atoms with E-state index >= 15 is 0 Å². The third kappa shape index (κ3) is 4.23. The van der Waals surface area contributed by atoms with Crippen LogP contribution in [0.2, 0.25) is 0 Å². The smallest absolute Gasteiger partial charge is 0.263 e. The molecule has 1 aromatic carbocycles. The number of aromatic amines is 1. The van der Waals surface area contributed by atoms with Crippen LogP contribution in [0, 0.1) is 0 Å². The van der Waals surface area contributed by atoms with Crippen molar-refractivity contribution in [1.82, 2.24) is 24.6 Å². The minimum atomic E-state index is -0.259. The van der Waals surface area contributed by atoms with Gasteiger partial charge in [0.1, 0.15) is 5.39 Å². The molecule has 4 rings (SSSR count). The molecule has 3 heterocycles. The molecular formula is C22H30N6O3. The maximum Gasteiger partial charge on any atom is 0.263 e. The summed E-state index contributed by atoms with van der Waals surface area (Å²) in [6.45, 7) is 9.41. The number of methoxy groups -OCH3 is 2. The normalized spacial score (nSPS) is 14.5. The van der Waals surface area contributed by atoms with Crippen molar-refractivity contribution in [2.45, 2.75) is 39.3 Å². The van der Waals surface area contributed by atoms with Crippen LogP contribution in [0.15, 0.2) is 23.1 Å². The molecule has 0 saturated carbocycles. The van der Waals surface area contributed by atoms with Gasteiger partial charge in [0.15, 0.2) is 17.1 Å². The summed E-state index contributed by atoms with van der Waals surface area (Å²) in [5.74, 6) is 2.00. The monoisotopic (exact) mass is 426 g/mol. The quantitative estimate of drug-likeness (QED) is 0.624. The number of H-pyrrole nitrogens is 1. The van der Waals surface area contributed by atoms with Crippen LogP contribution in [0.4, 0.5) is 5.95 Å². The first-order valence-corrected chi connectivity index (χ1v) is 10.5. The fourth-order valence-corrected chi connectivity index (χ4v) is 3.96. The van der Waals surface area contributed by atoms with E-state index in [-0.39, 0.29) is 11.1 Å². The number of benzene rings is 1. The van der Waals surface area contributed by atoms with Crippen molar-refractivity contribution in [3.8, 4) is 11.5 Å². The lowest BCUT2D eigenvalue weighted by molar-refractivity contribution is 0.262. The zero-order chi connectivity index (χ0) is 22.2. The Labute approximate surface area is 181 Å². The molecule has 166 valence electrons. The minimum Gasteiger partial charge on any atom is -0.493 e. The SMILES string of the molecule is COc1cc2c(cc1OC)CN(CCNc1nc3c(cnn3C(C)(C)C)c(=O)[nH]1)CC2. The van der Waals surface area contributed by atoms with Crippen molar-refractivity contribution in [2.75, 3.05) is 39.2 Å². The summed E-state index contributed by atoms with van der Waals surface area (Å²) < 4.78 is 12.6. The summed E-state index contributed by atoms with van der Waals surface area (Å²) in [4.78, 5) is 22.2. The average molecular weight is 427 g/mol. The molecule has 9 nitrogen and oxygen atoms in total. The van der Waals surface area contributed by atoms with Crippen LogP contribution in [-0.2, 0) is 18.5 Å². The molecule has 0 amide bonds. The van der Waals surface area contributed by atoms with Gasteiger partial charge in [-0.3, -0.25) is 14.7 Å². The molecular weight excluding hydrogens is 396 g/mol. The molecule has 3 aromatic rings. The van der Waals surface area contributed by atoms with Gasteiger partial charge in [-0.2, -0.15) is 10.1 Å². The molecule has 31 heavy (non-hydrogen) atoms. The van der Waals surface area contributed by atoms with E-state index in [1.807, 2.05) is 20.8 Å². The fourth-order valence-electron chi connectivity index (χ4n) is 3.96. The lowest BCUT2D eigenvalue weighted by Gasteiger charge is -2.29. The number of hydrogen-bond acceptors (Lipinski definition) is 7. The second-order valence-corrected chi connectivity index (χ2v) is 8.81. The summed E-state index contributed by atoms with van der Waals surface area (Å²) in [7, 11) is 3.32. The van der Waals surface area contributed by atoms with E-state index in [9.17, 15) is 4.79 Å². The van der Waals surface area contributed by atoms with Crippen LogP contribution in [0.3, 0.4) is 0 Å². The Bertz CT molecular complexity index is 1140. The molecule has 0 radical (unpaired) electrons. The summed E-state index contributed by atoms with van der Waals surface area (Å²) in [6, 6.07) is 4.14. The van der Waals surface area contributed by atoms with Gasteiger partial charge < -0.3 is 14.8 Å². The lowest BCUT2D eigenvalue weighted by Crippen LogP contribution is -2.34. The lowest BCUT2D eigenvalue weighted by atomic mass is 9.99. The first-order valence-electron chi connectivity index (χ1n) is 10.5. The first-order chi connectivity index (χ1) is 14.8. The van der Waals surface area contributed by atoms with Crippen LogP contribution in [0.25, 0.3) is 11.0 Å².